The number of thioether (sulfide) groups is 1. The van der Waals surface area contributed by atoms with Gasteiger partial charge in [-0.3, -0.25) is 0 Å². The van der Waals surface area contributed by atoms with Gasteiger partial charge in [0.2, 0.25) is 0 Å². The van der Waals surface area contributed by atoms with Crippen molar-refractivity contribution in [3.05, 3.63) is 35.9 Å². The van der Waals surface area contributed by atoms with Gasteiger partial charge in [-0.1, -0.05) is 50.1 Å². The van der Waals surface area contributed by atoms with Crippen molar-refractivity contribution in [3.8, 4) is 0 Å². The Hall–Kier alpha value is -0.510. The summed E-state index contributed by atoms with van der Waals surface area (Å²) in [5.74, 6) is 3.34. The summed E-state index contributed by atoms with van der Waals surface area (Å²) in [4.78, 5) is 0. The Bertz CT molecular complexity index is 391. The van der Waals surface area contributed by atoms with E-state index in [4.69, 9.17) is 0 Å². The van der Waals surface area contributed by atoms with Crippen LogP contribution in [0.3, 0.4) is 0 Å². The van der Waals surface area contributed by atoms with E-state index >= 15 is 0 Å². The summed E-state index contributed by atoms with van der Waals surface area (Å²) >= 11 is 2.06. The molecule has 0 aromatic heterocycles. The van der Waals surface area contributed by atoms with E-state index in [1.54, 1.807) is 0 Å². The molecule has 3 heteroatoms. The van der Waals surface area contributed by atoms with Gasteiger partial charge in [-0.2, -0.15) is 11.8 Å². The van der Waals surface area contributed by atoms with Crippen LogP contribution in [0.5, 0.6) is 0 Å². The van der Waals surface area contributed by atoms with Crippen molar-refractivity contribution in [2.24, 2.45) is 5.92 Å². The van der Waals surface area contributed by atoms with Crippen molar-refractivity contribution >= 4 is 11.8 Å². The second kappa shape index (κ2) is 8.82. The molecule has 2 N–H and O–H groups in total. The minimum atomic E-state index is -0.279. The summed E-state index contributed by atoms with van der Waals surface area (Å²) in [5, 5.41) is 13.5. The zero-order valence-corrected chi connectivity index (χ0v) is 14.0. The highest BCUT2D eigenvalue weighted by atomic mass is 32.2. The Labute approximate surface area is 133 Å². The summed E-state index contributed by atoms with van der Waals surface area (Å²) in [6, 6.07) is 10.4. The molecule has 0 saturated heterocycles. The van der Waals surface area contributed by atoms with Gasteiger partial charge in [0.15, 0.2) is 0 Å². The number of benzene rings is 1. The minimum absolute atomic E-state index is 0.162. The lowest BCUT2D eigenvalue weighted by molar-refractivity contribution is 0.158. The molecular formula is C18H29NOS. The Balaban J connectivity index is 1.89. The predicted octanol–water partition coefficient (Wildman–Crippen LogP) is 3.80. The van der Waals surface area contributed by atoms with Crippen LogP contribution in [0.4, 0.5) is 0 Å². The third kappa shape index (κ3) is 4.73. The van der Waals surface area contributed by atoms with E-state index in [-0.39, 0.29) is 12.1 Å². The van der Waals surface area contributed by atoms with Crippen molar-refractivity contribution < 1.29 is 5.11 Å². The van der Waals surface area contributed by atoms with Crippen molar-refractivity contribution in [3.63, 3.8) is 0 Å². The van der Waals surface area contributed by atoms with E-state index in [0.29, 0.717) is 0 Å². The Morgan fingerprint density at radius 2 is 1.95 bits per heavy atom. The summed E-state index contributed by atoms with van der Waals surface area (Å²) in [7, 11) is 0. The Kier molecular flexibility index (Phi) is 7.08. The van der Waals surface area contributed by atoms with Gasteiger partial charge in [0, 0.05) is 0 Å². The largest absolute Gasteiger partial charge is 0.394 e. The molecule has 2 rings (SSSR count). The SMILES string of the molecule is CCNC(CO)(CCSCC1CCCC1)c1ccccc1. The first-order valence-electron chi connectivity index (χ1n) is 8.30. The number of hydrogen-bond acceptors (Lipinski definition) is 3. The van der Waals surface area contributed by atoms with Crippen molar-refractivity contribution in [2.45, 2.75) is 44.6 Å². The molecule has 1 aliphatic rings. The molecule has 1 saturated carbocycles. The van der Waals surface area contributed by atoms with Crippen LogP contribution < -0.4 is 5.32 Å². The lowest BCUT2D eigenvalue weighted by Crippen LogP contribution is -2.46. The molecule has 21 heavy (non-hydrogen) atoms. The van der Waals surface area contributed by atoms with E-state index < -0.39 is 0 Å². The average molecular weight is 308 g/mol. The van der Waals surface area contributed by atoms with E-state index in [0.717, 1.165) is 24.6 Å². The van der Waals surface area contributed by atoms with Gasteiger partial charge < -0.3 is 10.4 Å². The van der Waals surface area contributed by atoms with Crippen LogP contribution in [0.15, 0.2) is 30.3 Å². The first-order chi connectivity index (χ1) is 10.3. The standard InChI is InChI=1S/C18H29NOS/c1-2-19-18(15-20,17-10-4-3-5-11-17)12-13-21-14-16-8-6-7-9-16/h3-5,10-11,16,19-20H,2,6-9,12-15H2,1H3. The molecule has 1 unspecified atom stereocenters. The fourth-order valence-electron chi connectivity index (χ4n) is 3.33. The Morgan fingerprint density at radius 1 is 1.24 bits per heavy atom. The average Bonchev–Trinajstić information content (AvgIpc) is 3.05. The van der Waals surface area contributed by atoms with Gasteiger partial charge >= 0.3 is 0 Å². The third-order valence-corrected chi connectivity index (χ3v) is 5.81. The number of hydrogen-bond donors (Lipinski definition) is 2. The lowest BCUT2D eigenvalue weighted by atomic mass is 9.88. The highest BCUT2D eigenvalue weighted by Gasteiger charge is 2.30. The molecule has 2 nitrogen and oxygen atoms in total. The van der Waals surface area contributed by atoms with Gasteiger partial charge in [-0.25, -0.2) is 0 Å². The lowest BCUT2D eigenvalue weighted by Gasteiger charge is -2.33. The smallest absolute Gasteiger partial charge is 0.0676 e. The maximum Gasteiger partial charge on any atom is 0.0676 e. The van der Waals surface area contributed by atoms with Gasteiger partial charge in [0.05, 0.1) is 12.1 Å². The zero-order valence-electron chi connectivity index (χ0n) is 13.2. The predicted molar refractivity (Wildman–Crippen MR) is 92.8 cm³/mol. The topological polar surface area (TPSA) is 32.3 Å². The van der Waals surface area contributed by atoms with Crippen LogP contribution in [0.1, 0.15) is 44.6 Å². The molecule has 1 fully saturated rings. The quantitative estimate of drug-likeness (QED) is 0.681. The maximum atomic E-state index is 10.0. The molecule has 0 bridgehead atoms. The van der Waals surface area contributed by atoms with Gasteiger partial charge in [-0.15, -0.1) is 0 Å². The number of aliphatic hydroxyl groups is 1. The summed E-state index contributed by atoms with van der Waals surface area (Å²) in [5.41, 5.74) is 0.925. The van der Waals surface area contributed by atoms with E-state index in [1.165, 1.54) is 37.0 Å². The molecule has 118 valence electrons. The van der Waals surface area contributed by atoms with Crippen LogP contribution >= 0.6 is 11.8 Å². The van der Waals surface area contributed by atoms with Crippen molar-refractivity contribution in [2.75, 3.05) is 24.7 Å². The molecule has 0 spiro atoms. The van der Waals surface area contributed by atoms with E-state index in [1.807, 2.05) is 6.07 Å². The van der Waals surface area contributed by atoms with Crippen molar-refractivity contribution in [1.29, 1.82) is 0 Å². The molecule has 1 aromatic rings. The highest BCUT2D eigenvalue weighted by Crippen LogP contribution is 2.30. The normalized spacial score (nSPS) is 18.8. The summed E-state index contributed by atoms with van der Waals surface area (Å²) in [6.45, 7) is 3.15. The highest BCUT2D eigenvalue weighted by molar-refractivity contribution is 7.99. The molecule has 0 radical (unpaired) electrons. The van der Waals surface area contributed by atoms with Gasteiger partial charge in [0.1, 0.15) is 0 Å². The number of aliphatic hydroxyl groups excluding tert-OH is 1. The van der Waals surface area contributed by atoms with Crippen molar-refractivity contribution in [1.82, 2.24) is 5.32 Å². The maximum absolute atomic E-state index is 10.0. The molecule has 1 aromatic carbocycles. The molecule has 1 atom stereocenters. The van der Waals surface area contributed by atoms with Crippen LogP contribution in [0.2, 0.25) is 0 Å². The fourth-order valence-corrected chi connectivity index (χ4v) is 4.66. The second-order valence-corrected chi connectivity index (χ2v) is 7.26. The Morgan fingerprint density at radius 3 is 2.57 bits per heavy atom. The summed E-state index contributed by atoms with van der Waals surface area (Å²) < 4.78 is 0. The third-order valence-electron chi connectivity index (χ3n) is 4.61. The number of nitrogens with one attached hydrogen (secondary N) is 1. The van der Waals surface area contributed by atoms with Crippen LogP contribution in [-0.4, -0.2) is 29.8 Å². The first kappa shape index (κ1) is 16.9. The van der Waals surface area contributed by atoms with Crippen LogP contribution in [0.25, 0.3) is 0 Å². The summed E-state index contributed by atoms with van der Waals surface area (Å²) in [6.07, 6.45) is 6.67. The molecule has 1 aliphatic carbocycles. The number of likely N-dealkylation sites (N-methyl/N-ethyl adjacent to an activating group) is 1. The van der Waals surface area contributed by atoms with E-state index in [2.05, 4.69) is 48.3 Å². The van der Waals surface area contributed by atoms with Gasteiger partial charge in [0.25, 0.3) is 0 Å². The molecule has 0 heterocycles. The minimum Gasteiger partial charge on any atom is -0.394 e. The van der Waals surface area contributed by atoms with E-state index in [9.17, 15) is 5.11 Å². The fraction of sp³-hybridized carbons (Fsp3) is 0.667. The second-order valence-electron chi connectivity index (χ2n) is 6.11. The van der Waals surface area contributed by atoms with Crippen LogP contribution in [0, 0.1) is 5.92 Å². The monoisotopic (exact) mass is 307 g/mol. The number of rotatable bonds is 9. The van der Waals surface area contributed by atoms with Gasteiger partial charge in [-0.05, 0) is 48.8 Å². The molecular weight excluding hydrogens is 278 g/mol. The molecule has 0 aliphatic heterocycles. The molecule has 0 amide bonds. The van der Waals surface area contributed by atoms with Crippen LogP contribution in [-0.2, 0) is 5.54 Å². The first-order valence-corrected chi connectivity index (χ1v) is 9.45. The zero-order chi connectivity index (χ0) is 15.0.